The van der Waals surface area contributed by atoms with Gasteiger partial charge < -0.3 is 14.8 Å². The van der Waals surface area contributed by atoms with Crippen molar-refractivity contribution in [1.29, 1.82) is 0 Å². The molecule has 0 radical (unpaired) electrons. The molecule has 1 N–H and O–H groups in total. The summed E-state index contributed by atoms with van der Waals surface area (Å²) in [5.41, 5.74) is 0.627. The Morgan fingerprint density at radius 1 is 1.25 bits per heavy atom. The Morgan fingerprint density at radius 2 is 1.92 bits per heavy atom. The highest BCUT2D eigenvalue weighted by atomic mass is 19.1. The minimum Gasteiger partial charge on any atom is -0.491 e. The van der Waals surface area contributed by atoms with E-state index in [1.54, 1.807) is 6.92 Å². The van der Waals surface area contributed by atoms with Crippen molar-refractivity contribution in [2.45, 2.75) is 46.5 Å². The van der Waals surface area contributed by atoms with Crippen LogP contribution in [0.3, 0.4) is 0 Å². The van der Waals surface area contributed by atoms with Gasteiger partial charge in [0.25, 0.3) is 0 Å². The normalized spacial score (nSPS) is 14.1. The number of allylic oxidation sites excluding steroid dienone is 3. The third-order valence-corrected chi connectivity index (χ3v) is 3.46. The molecule has 0 bridgehead atoms. The van der Waals surface area contributed by atoms with Gasteiger partial charge >= 0.3 is 0 Å². The van der Waals surface area contributed by atoms with E-state index in [1.807, 2.05) is 13.8 Å². The van der Waals surface area contributed by atoms with Gasteiger partial charge in [0.05, 0.1) is 13.2 Å². The molecule has 24 heavy (non-hydrogen) atoms. The van der Waals surface area contributed by atoms with E-state index >= 15 is 0 Å². The number of halogens is 1. The lowest BCUT2D eigenvalue weighted by Crippen LogP contribution is -2.30. The maximum atomic E-state index is 12.7. The molecule has 0 atom stereocenters. The number of ether oxygens (including phenoxy) is 2. The van der Waals surface area contributed by atoms with Crippen LogP contribution in [0.2, 0.25) is 0 Å². The van der Waals surface area contributed by atoms with Crippen molar-refractivity contribution in [2.75, 3.05) is 26.4 Å². The fourth-order valence-corrected chi connectivity index (χ4v) is 2.04. The SMILES string of the molecule is C=C(F)/C=C(/OCCOCCNC(=O)CC1CCC1)C(=C)C.CC. The van der Waals surface area contributed by atoms with E-state index in [0.717, 1.165) is 0 Å². The third kappa shape index (κ3) is 11.0. The molecule has 0 heterocycles. The van der Waals surface area contributed by atoms with Crippen LogP contribution in [0, 0.1) is 5.92 Å². The minimum absolute atomic E-state index is 0.0958. The highest BCUT2D eigenvalue weighted by molar-refractivity contribution is 5.76. The van der Waals surface area contributed by atoms with Crippen molar-refractivity contribution in [3.8, 4) is 0 Å². The van der Waals surface area contributed by atoms with Crippen molar-refractivity contribution in [2.24, 2.45) is 5.92 Å². The van der Waals surface area contributed by atoms with Crippen molar-refractivity contribution in [3.63, 3.8) is 0 Å². The number of carbonyl (C=O) groups is 1. The van der Waals surface area contributed by atoms with Crippen LogP contribution in [0.25, 0.3) is 0 Å². The van der Waals surface area contributed by atoms with E-state index in [4.69, 9.17) is 9.47 Å². The molecule has 1 rings (SSSR count). The minimum atomic E-state index is -0.576. The van der Waals surface area contributed by atoms with Crippen LogP contribution < -0.4 is 5.32 Å². The van der Waals surface area contributed by atoms with Crippen molar-refractivity contribution in [1.82, 2.24) is 5.32 Å². The Labute approximate surface area is 145 Å². The molecule has 0 aromatic heterocycles. The molecule has 0 saturated heterocycles. The number of nitrogens with one attached hydrogen (secondary N) is 1. The molecule has 1 amide bonds. The Balaban J connectivity index is 0.00000254. The van der Waals surface area contributed by atoms with E-state index in [2.05, 4.69) is 18.5 Å². The lowest BCUT2D eigenvalue weighted by Gasteiger charge is -2.24. The number of amides is 1. The molecule has 4 nitrogen and oxygen atoms in total. The zero-order valence-electron chi connectivity index (χ0n) is 15.3. The number of hydrogen-bond donors (Lipinski definition) is 1. The number of carbonyl (C=O) groups excluding carboxylic acids is 1. The zero-order valence-corrected chi connectivity index (χ0v) is 15.3. The summed E-state index contributed by atoms with van der Waals surface area (Å²) in [6.45, 7) is 14.2. The van der Waals surface area contributed by atoms with Gasteiger partial charge in [-0.1, -0.05) is 33.4 Å². The van der Waals surface area contributed by atoms with Crippen molar-refractivity contribution < 1.29 is 18.7 Å². The summed E-state index contributed by atoms with van der Waals surface area (Å²) in [5.74, 6) is 0.462. The van der Waals surface area contributed by atoms with Crippen LogP contribution in [0.5, 0.6) is 0 Å². The smallest absolute Gasteiger partial charge is 0.220 e. The molecule has 0 aromatic rings. The van der Waals surface area contributed by atoms with Gasteiger partial charge in [0.15, 0.2) is 0 Å². The maximum Gasteiger partial charge on any atom is 0.220 e. The third-order valence-electron chi connectivity index (χ3n) is 3.46. The first kappa shape index (κ1) is 22.4. The molecule has 0 spiro atoms. The van der Waals surface area contributed by atoms with Gasteiger partial charge in [-0.05, 0) is 31.3 Å². The highest BCUT2D eigenvalue weighted by Gasteiger charge is 2.20. The molecule has 5 heteroatoms. The molecule has 138 valence electrons. The molecule has 0 aromatic carbocycles. The zero-order chi connectivity index (χ0) is 18.4. The Morgan fingerprint density at radius 3 is 2.42 bits per heavy atom. The molecule has 1 aliphatic rings. The summed E-state index contributed by atoms with van der Waals surface area (Å²) in [4.78, 5) is 11.5. The largest absolute Gasteiger partial charge is 0.491 e. The van der Waals surface area contributed by atoms with Gasteiger partial charge in [-0.3, -0.25) is 4.79 Å². The average Bonchev–Trinajstić information content (AvgIpc) is 2.50. The standard InChI is InChI=1S/C17H26FNO3.C2H6/c1-13(2)16(11-14(3)18)22-10-9-21-8-7-19-17(20)12-15-5-4-6-15;1-2/h11,15H,1,3-10,12H2,2H3,(H,19,20);1-2H3/b16-11+;. The first-order chi connectivity index (χ1) is 11.5. The predicted octanol–water partition coefficient (Wildman–Crippen LogP) is 4.30. The molecule has 0 unspecified atom stereocenters. The lowest BCUT2D eigenvalue weighted by molar-refractivity contribution is -0.122. The van der Waals surface area contributed by atoms with E-state index in [-0.39, 0.29) is 5.91 Å². The monoisotopic (exact) mass is 341 g/mol. The molecular weight excluding hydrogens is 309 g/mol. The number of hydrogen-bond acceptors (Lipinski definition) is 3. The maximum absolute atomic E-state index is 12.7. The fraction of sp³-hybridized carbons (Fsp3) is 0.632. The second-order valence-corrected chi connectivity index (χ2v) is 5.55. The van der Waals surface area contributed by atoms with Crippen LogP contribution in [-0.4, -0.2) is 32.3 Å². The van der Waals surface area contributed by atoms with Gasteiger partial charge in [-0.2, -0.15) is 0 Å². The predicted molar refractivity (Wildman–Crippen MR) is 96.2 cm³/mol. The molecule has 1 fully saturated rings. The van der Waals surface area contributed by atoms with Gasteiger partial charge in [0.1, 0.15) is 18.2 Å². The molecule has 0 aliphatic heterocycles. The highest BCUT2D eigenvalue weighted by Crippen LogP contribution is 2.28. The number of rotatable bonds is 11. The van der Waals surface area contributed by atoms with Crippen LogP contribution in [0.15, 0.2) is 36.4 Å². The van der Waals surface area contributed by atoms with E-state index in [9.17, 15) is 9.18 Å². The van der Waals surface area contributed by atoms with E-state index in [1.165, 1.54) is 25.3 Å². The quantitative estimate of drug-likeness (QED) is 0.346. The average molecular weight is 341 g/mol. The molecule has 1 saturated carbocycles. The summed E-state index contributed by atoms with van der Waals surface area (Å²) in [7, 11) is 0. The second-order valence-electron chi connectivity index (χ2n) is 5.55. The van der Waals surface area contributed by atoms with Crippen molar-refractivity contribution in [3.05, 3.63) is 36.4 Å². The van der Waals surface area contributed by atoms with E-state index in [0.29, 0.717) is 50.0 Å². The van der Waals surface area contributed by atoms with Gasteiger partial charge in [-0.15, -0.1) is 0 Å². The molecular formula is C19H32FNO3. The van der Waals surface area contributed by atoms with Gasteiger partial charge in [-0.25, -0.2) is 4.39 Å². The van der Waals surface area contributed by atoms with Gasteiger partial charge in [0.2, 0.25) is 5.91 Å². The Kier molecular flexibility index (Phi) is 12.9. The summed E-state index contributed by atoms with van der Waals surface area (Å²) < 4.78 is 23.4. The summed E-state index contributed by atoms with van der Waals surface area (Å²) >= 11 is 0. The Bertz CT molecular complexity index is 428. The molecule has 1 aliphatic carbocycles. The lowest BCUT2D eigenvalue weighted by atomic mass is 9.83. The van der Waals surface area contributed by atoms with Crippen LogP contribution in [0.1, 0.15) is 46.5 Å². The summed E-state index contributed by atoms with van der Waals surface area (Å²) in [6.07, 6.45) is 5.42. The fourth-order valence-electron chi connectivity index (χ4n) is 2.04. The first-order valence-electron chi connectivity index (χ1n) is 8.68. The second kappa shape index (κ2) is 13.8. The summed E-state index contributed by atoms with van der Waals surface area (Å²) in [6, 6.07) is 0. The summed E-state index contributed by atoms with van der Waals surface area (Å²) in [5, 5.41) is 2.83. The first-order valence-corrected chi connectivity index (χ1v) is 8.68. The van der Waals surface area contributed by atoms with Gasteiger partial charge in [0, 0.05) is 19.0 Å². The van der Waals surface area contributed by atoms with Crippen LogP contribution >= 0.6 is 0 Å². The van der Waals surface area contributed by atoms with E-state index < -0.39 is 5.83 Å². The Hall–Kier alpha value is -1.62. The van der Waals surface area contributed by atoms with Crippen LogP contribution in [0.4, 0.5) is 4.39 Å². The topological polar surface area (TPSA) is 47.6 Å². The van der Waals surface area contributed by atoms with Crippen molar-refractivity contribution >= 4 is 5.91 Å². The van der Waals surface area contributed by atoms with Crippen LogP contribution in [-0.2, 0) is 14.3 Å².